The van der Waals surface area contributed by atoms with Crippen molar-refractivity contribution in [3.63, 3.8) is 0 Å². The lowest BCUT2D eigenvalue weighted by molar-refractivity contribution is 0.119. The minimum atomic E-state index is -1.24. The maximum Gasteiger partial charge on any atom is 0.140 e. The summed E-state index contributed by atoms with van der Waals surface area (Å²) in [4.78, 5) is 0. The Morgan fingerprint density at radius 2 is 1.81 bits per heavy atom. The largest absolute Gasteiger partial charge is 0.458 e. The van der Waals surface area contributed by atoms with Crippen LogP contribution in [0.2, 0.25) is 0 Å². The highest BCUT2D eigenvalue weighted by Gasteiger charge is 2.12. The van der Waals surface area contributed by atoms with E-state index < -0.39 is 12.8 Å². The van der Waals surface area contributed by atoms with Crippen LogP contribution < -0.4 is 0 Å². The number of hydrogen-bond donors (Lipinski definition) is 1. The van der Waals surface area contributed by atoms with Gasteiger partial charge >= 0.3 is 0 Å². The van der Waals surface area contributed by atoms with Crippen LogP contribution in [0.5, 0.6) is 0 Å². The maximum absolute atomic E-state index is 12.7. The predicted molar refractivity (Wildman–Crippen MR) is 55.0 cm³/mol. The molecule has 2 rings (SSSR count). The fourth-order valence-corrected chi connectivity index (χ4v) is 1.38. The minimum Gasteiger partial charge on any atom is -0.458 e. The van der Waals surface area contributed by atoms with Gasteiger partial charge in [-0.25, -0.2) is 8.78 Å². The van der Waals surface area contributed by atoms with E-state index in [1.807, 2.05) is 0 Å². The Bertz CT molecular complexity index is 462. The summed E-state index contributed by atoms with van der Waals surface area (Å²) in [7, 11) is 0. The molecule has 0 bridgehead atoms. The van der Waals surface area contributed by atoms with Gasteiger partial charge in [0.2, 0.25) is 0 Å². The molecule has 0 radical (unpaired) electrons. The quantitative estimate of drug-likeness (QED) is 0.869. The molecular formula is C12H10F2O2. The molecule has 1 aromatic heterocycles. The molecule has 0 aliphatic carbocycles. The first-order chi connectivity index (χ1) is 7.70. The molecule has 16 heavy (non-hydrogen) atoms. The Hall–Kier alpha value is -1.68. The van der Waals surface area contributed by atoms with E-state index >= 15 is 0 Å². The number of aliphatic hydroxyl groups excluding tert-OH is 1. The van der Waals surface area contributed by atoms with Crippen molar-refractivity contribution in [1.82, 2.24) is 0 Å². The van der Waals surface area contributed by atoms with Crippen molar-refractivity contribution in [3.8, 4) is 11.3 Å². The second kappa shape index (κ2) is 4.45. The Balaban J connectivity index is 2.28. The van der Waals surface area contributed by atoms with Crippen LogP contribution in [0, 0.1) is 5.82 Å². The highest BCUT2D eigenvalue weighted by atomic mass is 19.1. The van der Waals surface area contributed by atoms with Gasteiger partial charge in [-0.1, -0.05) is 0 Å². The van der Waals surface area contributed by atoms with Crippen LogP contribution in [-0.2, 0) is 0 Å². The minimum absolute atomic E-state index is 0.168. The average molecular weight is 224 g/mol. The van der Waals surface area contributed by atoms with Gasteiger partial charge in [-0.05, 0) is 36.4 Å². The van der Waals surface area contributed by atoms with Crippen molar-refractivity contribution in [1.29, 1.82) is 0 Å². The lowest BCUT2D eigenvalue weighted by atomic mass is 10.2. The molecule has 0 aliphatic heterocycles. The third-order valence-electron chi connectivity index (χ3n) is 2.23. The standard InChI is InChI=1S/C12H10F2O2/c13-7-10(15)12-6-5-11(16-12)8-1-3-9(14)4-2-8/h1-6,10,15H,7H2. The zero-order valence-electron chi connectivity index (χ0n) is 8.36. The molecule has 1 heterocycles. The van der Waals surface area contributed by atoms with Gasteiger partial charge in [0.05, 0.1) is 0 Å². The Kier molecular flexibility index (Phi) is 3.01. The lowest BCUT2D eigenvalue weighted by Gasteiger charge is -2.01. The average Bonchev–Trinajstić information content (AvgIpc) is 2.78. The van der Waals surface area contributed by atoms with Gasteiger partial charge in [0.1, 0.15) is 30.1 Å². The molecule has 2 nitrogen and oxygen atoms in total. The molecule has 0 spiro atoms. The van der Waals surface area contributed by atoms with Gasteiger partial charge in [0.25, 0.3) is 0 Å². The zero-order valence-corrected chi connectivity index (χ0v) is 8.36. The predicted octanol–water partition coefficient (Wildman–Crippen LogP) is 3.09. The molecule has 1 aromatic carbocycles. The number of halogens is 2. The van der Waals surface area contributed by atoms with E-state index in [4.69, 9.17) is 4.42 Å². The van der Waals surface area contributed by atoms with Crippen LogP contribution >= 0.6 is 0 Å². The molecule has 1 N–H and O–H groups in total. The summed E-state index contributed by atoms with van der Waals surface area (Å²) >= 11 is 0. The maximum atomic E-state index is 12.7. The molecule has 4 heteroatoms. The number of hydrogen-bond acceptors (Lipinski definition) is 2. The lowest BCUT2D eigenvalue weighted by Crippen LogP contribution is -1.96. The van der Waals surface area contributed by atoms with Crippen LogP contribution in [-0.4, -0.2) is 11.8 Å². The summed E-state index contributed by atoms with van der Waals surface area (Å²) in [5.41, 5.74) is 0.679. The molecule has 0 saturated heterocycles. The van der Waals surface area contributed by atoms with Crippen LogP contribution in [0.3, 0.4) is 0 Å². The first-order valence-electron chi connectivity index (χ1n) is 4.80. The Labute approximate surface area is 91.1 Å². The summed E-state index contributed by atoms with van der Waals surface area (Å²) in [6.07, 6.45) is -1.24. The van der Waals surface area contributed by atoms with Gasteiger partial charge in [0.15, 0.2) is 0 Å². The molecule has 1 atom stereocenters. The summed E-state index contributed by atoms with van der Waals surface area (Å²) in [6.45, 7) is -0.892. The smallest absolute Gasteiger partial charge is 0.140 e. The third kappa shape index (κ3) is 2.12. The molecule has 2 aromatic rings. The second-order valence-electron chi connectivity index (χ2n) is 3.38. The van der Waals surface area contributed by atoms with E-state index in [0.29, 0.717) is 11.3 Å². The molecular weight excluding hydrogens is 214 g/mol. The van der Waals surface area contributed by atoms with Crippen molar-refractivity contribution in [2.24, 2.45) is 0 Å². The summed E-state index contributed by atoms with van der Waals surface area (Å²) < 4.78 is 30.1. The molecule has 0 aliphatic rings. The Morgan fingerprint density at radius 1 is 1.12 bits per heavy atom. The first-order valence-corrected chi connectivity index (χ1v) is 4.80. The van der Waals surface area contributed by atoms with Crippen LogP contribution in [0.1, 0.15) is 11.9 Å². The zero-order chi connectivity index (χ0) is 11.5. The third-order valence-corrected chi connectivity index (χ3v) is 2.23. The normalized spacial score (nSPS) is 12.7. The summed E-state index contributed by atoms with van der Waals surface area (Å²) in [6, 6.07) is 8.84. The van der Waals surface area contributed by atoms with E-state index in [1.165, 1.54) is 18.2 Å². The monoisotopic (exact) mass is 224 g/mol. The summed E-state index contributed by atoms with van der Waals surface area (Å²) in [5.74, 6) is 0.309. The van der Waals surface area contributed by atoms with Crippen molar-refractivity contribution < 1.29 is 18.3 Å². The van der Waals surface area contributed by atoms with Crippen molar-refractivity contribution in [2.75, 3.05) is 6.67 Å². The molecule has 1 unspecified atom stereocenters. The van der Waals surface area contributed by atoms with E-state index in [1.54, 1.807) is 18.2 Å². The number of benzene rings is 1. The van der Waals surface area contributed by atoms with Gasteiger partial charge in [-0.2, -0.15) is 0 Å². The van der Waals surface area contributed by atoms with Crippen LogP contribution in [0.15, 0.2) is 40.8 Å². The van der Waals surface area contributed by atoms with Crippen molar-refractivity contribution in [2.45, 2.75) is 6.10 Å². The number of aliphatic hydroxyl groups is 1. The SMILES string of the molecule is OC(CF)c1ccc(-c2ccc(F)cc2)o1. The van der Waals surface area contributed by atoms with E-state index in [9.17, 15) is 13.9 Å². The van der Waals surface area contributed by atoms with E-state index in [-0.39, 0.29) is 11.6 Å². The van der Waals surface area contributed by atoms with Crippen molar-refractivity contribution >= 4 is 0 Å². The second-order valence-corrected chi connectivity index (χ2v) is 3.38. The fraction of sp³-hybridized carbons (Fsp3) is 0.167. The fourth-order valence-electron chi connectivity index (χ4n) is 1.38. The van der Waals surface area contributed by atoms with E-state index in [0.717, 1.165) is 0 Å². The molecule has 0 fully saturated rings. The van der Waals surface area contributed by atoms with Crippen molar-refractivity contribution in [3.05, 3.63) is 48.0 Å². The van der Waals surface area contributed by atoms with Gasteiger partial charge < -0.3 is 9.52 Å². The van der Waals surface area contributed by atoms with Gasteiger partial charge in [-0.15, -0.1) is 0 Å². The first kappa shape index (κ1) is 10.8. The molecule has 0 amide bonds. The molecule has 84 valence electrons. The van der Waals surface area contributed by atoms with E-state index in [2.05, 4.69) is 0 Å². The number of rotatable bonds is 3. The number of alkyl halides is 1. The molecule has 0 saturated carbocycles. The highest BCUT2D eigenvalue weighted by Crippen LogP contribution is 2.25. The van der Waals surface area contributed by atoms with Gasteiger partial charge in [-0.3, -0.25) is 0 Å². The summed E-state index contributed by atoms with van der Waals surface area (Å²) in [5, 5.41) is 9.20. The topological polar surface area (TPSA) is 33.4 Å². The van der Waals surface area contributed by atoms with Gasteiger partial charge in [0, 0.05) is 5.56 Å². The number of furan rings is 1. The highest BCUT2D eigenvalue weighted by molar-refractivity contribution is 5.57. The van der Waals surface area contributed by atoms with Crippen LogP contribution in [0.4, 0.5) is 8.78 Å². The van der Waals surface area contributed by atoms with Crippen LogP contribution in [0.25, 0.3) is 11.3 Å². The Morgan fingerprint density at radius 3 is 2.44 bits per heavy atom.